The van der Waals surface area contributed by atoms with Gasteiger partial charge in [0.1, 0.15) is 12.3 Å². The molecule has 0 saturated heterocycles. The highest BCUT2D eigenvalue weighted by atomic mass is 16.3. The fourth-order valence-electron chi connectivity index (χ4n) is 1.07. The van der Waals surface area contributed by atoms with Crippen LogP contribution in [0.1, 0.15) is 16.8 Å². The van der Waals surface area contributed by atoms with E-state index < -0.39 is 0 Å². The van der Waals surface area contributed by atoms with Crippen LogP contribution in [0, 0.1) is 11.8 Å². The quantitative estimate of drug-likeness (QED) is 0.679. The van der Waals surface area contributed by atoms with Gasteiger partial charge < -0.3 is 10.2 Å². The van der Waals surface area contributed by atoms with Crippen molar-refractivity contribution in [3.05, 3.63) is 27.9 Å². The molecule has 0 aliphatic rings. The van der Waals surface area contributed by atoms with Crippen LogP contribution in [-0.2, 0) is 13.2 Å². The molecule has 0 aliphatic heterocycles. The van der Waals surface area contributed by atoms with Gasteiger partial charge in [0.15, 0.2) is 0 Å². The molecule has 0 unspecified atom stereocenters. The average molecular weight is 182 g/mol. The third kappa shape index (κ3) is 1.81. The molecule has 0 aliphatic carbocycles. The summed E-state index contributed by atoms with van der Waals surface area (Å²) in [6.07, 6.45) is 1.43. The largest absolute Gasteiger partial charge is 0.506 e. The van der Waals surface area contributed by atoms with E-state index in [1.165, 1.54) is 6.20 Å². The van der Waals surface area contributed by atoms with Crippen molar-refractivity contribution in [1.29, 1.82) is 0 Å². The maximum Gasteiger partial charge on any atom is 0.142 e. The minimum atomic E-state index is -0.319. The van der Waals surface area contributed by atoms with Gasteiger partial charge in [0.05, 0.1) is 12.3 Å². The Morgan fingerprint density at radius 3 is 2.85 bits per heavy atom. The van der Waals surface area contributed by atoms with E-state index in [1.54, 1.807) is 6.92 Å². The molecule has 1 heterocycles. The minimum absolute atomic E-state index is 0.0661. The Balaban J connectivity index is 3.20. The van der Waals surface area contributed by atoms with Gasteiger partial charge in [-0.2, -0.15) is 4.91 Å². The fraction of sp³-hybridized carbons (Fsp3) is 0.375. The standard InChI is InChI=1S/C8H10N2O3/c1-5-8(12)7(4-11)6(2-9-5)3-10-13/h2,11-12H,3-4H2,1H3. The first kappa shape index (κ1) is 9.60. The highest BCUT2D eigenvalue weighted by Gasteiger charge is 2.10. The van der Waals surface area contributed by atoms with Crippen molar-refractivity contribution < 1.29 is 10.2 Å². The average Bonchev–Trinajstić information content (AvgIpc) is 2.12. The van der Waals surface area contributed by atoms with Crippen LogP contribution in [0.25, 0.3) is 0 Å². The molecule has 70 valence electrons. The summed E-state index contributed by atoms with van der Waals surface area (Å²) in [4.78, 5) is 13.8. The molecule has 1 rings (SSSR count). The summed E-state index contributed by atoms with van der Waals surface area (Å²) in [7, 11) is 0. The maximum atomic E-state index is 10.00. The van der Waals surface area contributed by atoms with E-state index in [4.69, 9.17) is 5.11 Å². The zero-order valence-electron chi connectivity index (χ0n) is 7.19. The lowest BCUT2D eigenvalue weighted by molar-refractivity contribution is 0.273. The maximum absolute atomic E-state index is 10.00. The molecule has 1 aromatic rings. The molecule has 5 nitrogen and oxygen atoms in total. The van der Waals surface area contributed by atoms with Gasteiger partial charge in [-0.1, -0.05) is 5.18 Å². The molecule has 0 spiro atoms. The van der Waals surface area contributed by atoms with Crippen molar-refractivity contribution in [3.8, 4) is 5.75 Å². The molecule has 0 aromatic carbocycles. The van der Waals surface area contributed by atoms with Crippen LogP contribution >= 0.6 is 0 Å². The summed E-state index contributed by atoms with van der Waals surface area (Å²) in [6, 6.07) is 0. The van der Waals surface area contributed by atoms with Crippen LogP contribution < -0.4 is 0 Å². The third-order valence-electron chi connectivity index (χ3n) is 1.82. The van der Waals surface area contributed by atoms with Gasteiger partial charge in [0.2, 0.25) is 0 Å². The highest BCUT2D eigenvalue weighted by molar-refractivity contribution is 5.40. The predicted octanol–water partition coefficient (Wildman–Crippen LogP) is 0.854. The monoisotopic (exact) mass is 182 g/mol. The van der Waals surface area contributed by atoms with E-state index in [1.807, 2.05) is 0 Å². The van der Waals surface area contributed by atoms with Gasteiger partial charge in [-0.15, -0.1) is 0 Å². The van der Waals surface area contributed by atoms with Crippen molar-refractivity contribution in [2.75, 3.05) is 0 Å². The number of rotatable bonds is 3. The molecular formula is C8H10N2O3. The van der Waals surface area contributed by atoms with Crippen molar-refractivity contribution in [3.63, 3.8) is 0 Å². The van der Waals surface area contributed by atoms with Gasteiger partial charge >= 0.3 is 0 Å². The summed E-state index contributed by atoms with van der Waals surface area (Å²) in [5, 5.41) is 21.0. The Bertz CT molecular complexity index is 325. The van der Waals surface area contributed by atoms with Gasteiger partial charge in [-0.05, 0) is 6.92 Å². The Kier molecular flexibility index (Phi) is 2.92. The Morgan fingerprint density at radius 2 is 2.31 bits per heavy atom. The van der Waals surface area contributed by atoms with Crippen molar-refractivity contribution >= 4 is 0 Å². The van der Waals surface area contributed by atoms with E-state index >= 15 is 0 Å². The molecule has 0 radical (unpaired) electrons. The molecule has 0 saturated carbocycles. The van der Waals surface area contributed by atoms with Gasteiger partial charge in [-0.3, -0.25) is 4.98 Å². The van der Waals surface area contributed by atoms with Crippen molar-refractivity contribution in [1.82, 2.24) is 4.98 Å². The van der Waals surface area contributed by atoms with Crippen LogP contribution in [0.2, 0.25) is 0 Å². The molecular weight excluding hydrogens is 172 g/mol. The lowest BCUT2D eigenvalue weighted by Crippen LogP contribution is -1.97. The van der Waals surface area contributed by atoms with Gasteiger partial charge in [-0.25, -0.2) is 0 Å². The number of hydrogen-bond donors (Lipinski definition) is 2. The molecule has 5 heteroatoms. The summed E-state index contributed by atoms with van der Waals surface area (Å²) < 4.78 is 0. The number of aromatic nitrogens is 1. The third-order valence-corrected chi connectivity index (χ3v) is 1.82. The fourth-order valence-corrected chi connectivity index (χ4v) is 1.07. The number of pyridine rings is 1. The first-order valence-corrected chi connectivity index (χ1v) is 3.77. The first-order chi connectivity index (χ1) is 6.20. The van der Waals surface area contributed by atoms with Gasteiger partial charge in [0, 0.05) is 17.3 Å². The summed E-state index contributed by atoms with van der Waals surface area (Å²) >= 11 is 0. The van der Waals surface area contributed by atoms with E-state index in [0.29, 0.717) is 16.8 Å². The zero-order valence-corrected chi connectivity index (χ0v) is 7.19. The van der Waals surface area contributed by atoms with E-state index in [0.717, 1.165) is 0 Å². The number of aromatic hydroxyl groups is 1. The predicted molar refractivity (Wildman–Crippen MR) is 46.1 cm³/mol. The molecule has 0 atom stereocenters. The molecule has 13 heavy (non-hydrogen) atoms. The Morgan fingerprint density at radius 1 is 1.62 bits per heavy atom. The Hall–Kier alpha value is -1.49. The Labute approximate surface area is 75.0 Å². The van der Waals surface area contributed by atoms with E-state index in [2.05, 4.69) is 10.2 Å². The van der Waals surface area contributed by atoms with E-state index in [-0.39, 0.29) is 18.9 Å². The van der Waals surface area contributed by atoms with Crippen LogP contribution in [0.3, 0.4) is 0 Å². The second-order valence-corrected chi connectivity index (χ2v) is 2.64. The molecule has 2 N–H and O–H groups in total. The summed E-state index contributed by atoms with van der Waals surface area (Å²) in [5.74, 6) is -0.0661. The van der Waals surface area contributed by atoms with Crippen LogP contribution in [0.4, 0.5) is 0 Å². The lowest BCUT2D eigenvalue weighted by Gasteiger charge is -2.07. The minimum Gasteiger partial charge on any atom is -0.506 e. The van der Waals surface area contributed by atoms with Crippen molar-refractivity contribution in [2.45, 2.75) is 20.1 Å². The molecule has 1 aromatic heterocycles. The second-order valence-electron chi connectivity index (χ2n) is 2.64. The molecule has 0 fully saturated rings. The van der Waals surface area contributed by atoms with Crippen LogP contribution in [-0.4, -0.2) is 15.2 Å². The van der Waals surface area contributed by atoms with Gasteiger partial charge in [0.25, 0.3) is 0 Å². The smallest absolute Gasteiger partial charge is 0.142 e. The number of nitroso groups, excluding NO2 is 1. The second kappa shape index (κ2) is 3.95. The molecule has 0 amide bonds. The topological polar surface area (TPSA) is 82.8 Å². The zero-order chi connectivity index (χ0) is 9.84. The number of hydrogen-bond acceptors (Lipinski definition) is 5. The van der Waals surface area contributed by atoms with Crippen LogP contribution in [0.5, 0.6) is 5.75 Å². The molecule has 0 bridgehead atoms. The number of aliphatic hydroxyl groups excluding tert-OH is 1. The number of aliphatic hydroxyl groups is 1. The summed E-state index contributed by atoms with van der Waals surface area (Å²) in [5.41, 5.74) is 1.21. The number of aryl methyl sites for hydroxylation is 1. The SMILES string of the molecule is Cc1ncc(CN=O)c(CO)c1O. The van der Waals surface area contributed by atoms with Crippen molar-refractivity contribution in [2.24, 2.45) is 5.18 Å². The summed E-state index contributed by atoms with van der Waals surface area (Å²) in [6.45, 7) is 1.21. The van der Waals surface area contributed by atoms with Crippen LogP contribution in [0.15, 0.2) is 11.4 Å². The number of nitrogens with zero attached hydrogens (tertiary/aromatic N) is 2. The van der Waals surface area contributed by atoms with E-state index in [9.17, 15) is 10.0 Å². The first-order valence-electron chi connectivity index (χ1n) is 3.77. The highest BCUT2D eigenvalue weighted by Crippen LogP contribution is 2.23. The normalized spacial score (nSPS) is 10.0. The lowest BCUT2D eigenvalue weighted by atomic mass is 10.1.